The largest absolute Gasteiger partial charge is 0.305 e. The summed E-state index contributed by atoms with van der Waals surface area (Å²) in [6, 6.07) is 6.61. The van der Waals surface area contributed by atoms with E-state index in [-0.39, 0.29) is 0 Å². The molecule has 2 saturated heterocycles. The minimum absolute atomic E-state index is 0.584. The Morgan fingerprint density at radius 3 is 3.17 bits per heavy atom. The maximum Gasteiger partial charge on any atom is 0.0417 e. The van der Waals surface area contributed by atoms with Gasteiger partial charge in [0.2, 0.25) is 0 Å². The quantitative estimate of drug-likeness (QED) is 0.876. The monoisotopic (exact) mass is 264 g/mol. The van der Waals surface area contributed by atoms with Crippen molar-refractivity contribution < 1.29 is 0 Å². The number of thiophene rings is 1. The Hall–Kier alpha value is -0.380. The summed E-state index contributed by atoms with van der Waals surface area (Å²) < 4.78 is 0. The van der Waals surface area contributed by atoms with Crippen molar-refractivity contribution in [2.45, 2.75) is 57.2 Å². The van der Waals surface area contributed by atoms with Crippen LogP contribution in [0.15, 0.2) is 17.5 Å². The van der Waals surface area contributed by atoms with Crippen molar-refractivity contribution in [3.05, 3.63) is 22.4 Å². The van der Waals surface area contributed by atoms with Gasteiger partial charge in [0.05, 0.1) is 0 Å². The lowest BCUT2D eigenvalue weighted by atomic mass is 10.0. The Morgan fingerprint density at radius 2 is 2.39 bits per heavy atom. The minimum Gasteiger partial charge on any atom is -0.305 e. The lowest BCUT2D eigenvalue weighted by Gasteiger charge is -2.26. The molecular weight excluding hydrogens is 240 g/mol. The van der Waals surface area contributed by atoms with Gasteiger partial charge in [-0.15, -0.1) is 11.3 Å². The maximum atomic E-state index is 3.96. The van der Waals surface area contributed by atoms with Crippen LogP contribution < -0.4 is 5.32 Å². The van der Waals surface area contributed by atoms with Crippen molar-refractivity contribution in [3.8, 4) is 0 Å². The average Bonchev–Trinajstić information content (AvgIpc) is 3.07. The SMILES string of the molecule is CCCC(NC1CCN2CCCC12)c1cccs1. The van der Waals surface area contributed by atoms with Gasteiger partial charge in [0.1, 0.15) is 0 Å². The van der Waals surface area contributed by atoms with Crippen LogP contribution >= 0.6 is 11.3 Å². The molecule has 0 amide bonds. The number of rotatable bonds is 5. The predicted octanol–water partition coefficient (Wildman–Crippen LogP) is 3.42. The molecule has 1 aromatic heterocycles. The fourth-order valence-electron chi connectivity index (χ4n) is 3.62. The van der Waals surface area contributed by atoms with E-state index < -0.39 is 0 Å². The van der Waals surface area contributed by atoms with E-state index in [1.54, 1.807) is 0 Å². The van der Waals surface area contributed by atoms with E-state index in [2.05, 4.69) is 34.7 Å². The summed E-state index contributed by atoms with van der Waals surface area (Å²) in [6.45, 7) is 4.94. The molecule has 2 nitrogen and oxygen atoms in total. The summed E-state index contributed by atoms with van der Waals surface area (Å²) in [7, 11) is 0. The number of nitrogens with zero attached hydrogens (tertiary/aromatic N) is 1. The van der Waals surface area contributed by atoms with Crippen LogP contribution in [0.2, 0.25) is 0 Å². The van der Waals surface area contributed by atoms with Gasteiger partial charge in [-0.2, -0.15) is 0 Å². The summed E-state index contributed by atoms with van der Waals surface area (Å²) in [6.07, 6.45) is 6.68. The molecular formula is C15H24N2S. The summed E-state index contributed by atoms with van der Waals surface area (Å²) in [5.74, 6) is 0. The van der Waals surface area contributed by atoms with E-state index >= 15 is 0 Å². The van der Waals surface area contributed by atoms with Crippen LogP contribution in [0.3, 0.4) is 0 Å². The van der Waals surface area contributed by atoms with Crippen molar-refractivity contribution in [1.82, 2.24) is 10.2 Å². The van der Waals surface area contributed by atoms with Gasteiger partial charge < -0.3 is 5.32 Å². The highest BCUT2D eigenvalue weighted by Crippen LogP contribution is 2.31. The first-order chi connectivity index (χ1) is 8.88. The Bertz CT molecular complexity index is 363. The van der Waals surface area contributed by atoms with Gasteiger partial charge in [-0.1, -0.05) is 19.4 Å². The lowest BCUT2D eigenvalue weighted by Crippen LogP contribution is -2.40. The Kier molecular flexibility index (Phi) is 4.02. The second-order valence-electron chi connectivity index (χ2n) is 5.66. The van der Waals surface area contributed by atoms with Crippen molar-refractivity contribution in [3.63, 3.8) is 0 Å². The highest BCUT2D eigenvalue weighted by atomic mass is 32.1. The molecule has 1 aromatic rings. The molecule has 3 rings (SSSR count). The van der Waals surface area contributed by atoms with E-state index in [0.717, 1.165) is 12.1 Å². The summed E-state index contributed by atoms with van der Waals surface area (Å²) >= 11 is 1.90. The first-order valence-corrected chi connectivity index (χ1v) is 8.30. The van der Waals surface area contributed by atoms with E-state index in [0.29, 0.717) is 6.04 Å². The topological polar surface area (TPSA) is 15.3 Å². The molecule has 3 heteroatoms. The van der Waals surface area contributed by atoms with Gasteiger partial charge in [-0.3, -0.25) is 4.90 Å². The fourth-order valence-corrected chi connectivity index (χ4v) is 4.44. The maximum absolute atomic E-state index is 3.96. The first kappa shape index (κ1) is 12.6. The molecule has 3 heterocycles. The molecule has 1 N–H and O–H groups in total. The number of fused-ring (bicyclic) bond motifs is 1. The van der Waals surface area contributed by atoms with Crippen molar-refractivity contribution in [2.24, 2.45) is 0 Å². The highest BCUT2D eigenvalue weighted by molar-refractivity contribution is 7.10. The molecule has 18 heavy (non-hydrogen) atoms. The third kappa shape index (κ3) is 2.49. The van der Waals surface area contributed by atoms with Gasteiger partial charge in [0.15, 0.2) is 0 Å². The van der Waals surface area contributed by atoms with Crippen LogP contribution in [0.4, 0.5) is 0 Å². The lowest BCUT2D eigenvalue weighted by molar-refractivity contribution is 0.286. The summed E-state index contributed by atoms with van der Waals surface area (Å²) in [4.78, 5) is 4.21. The van der Waals surface area contributed by atoms with E-state index in [4.69, 9.17) is 0 Å². The van der Waals surface area contributed by atoms with Crippen LogP contribution in [0.25, 0.3) is 0 Å². The van der Waals surface area contributed by atoms with Gasteiger partial charge in [0.25, 0.3) is 0 Å². The van der Waals surface area contributed by atoms with Crippen molar-refractivity contribution in [1.29, 1.82) is 0 Å². The normalized spacial score (nSPS) is 29.6. The molecule has 2 aliphatic heterocycles. The molecule has 0 aliphatic carbocycles. The number of nitrogens with one attached hydrogen (secondary N) is 1. The number of hydrogen-bond donors (Lipinski definition) is 1. The highest BCUT2D eigenvalue weighted by Gasteiger charge is 2.37. The number of hydrogen-bond acceptors (Lipinski definition) is 3. The second-order valence-corrected chi connectivity index (χ2v) is 6.64. The minimum atomic E-state index is 0.584. The van der Waals surface area contributed by atoms with Gasteiger partial charge >= 0.3 is 0 Å². The van der Waals surface area contributed by atoms with E-state index in [9.17, 15) is 0 Å². The molecule has 100 valence electrons. The van der Waals surface area contributed by atoms with Gasteiger partial charge in [-0.25, -0.2) is 0 Å². The zero-order valence-corrected chi connectivity index (χ0v) is 12.1. The molecule has 3 unspecified atom stereocenters. The standard InChI is InChI=1S/C15H24N2S/c1-2-5-13(15-7-4-11-18-15)16-12-8-10-17-9-3-6-14(12)17/h4,7,11-14,16H,2-3,5-6,8-10H2,1H3. The van der Waals surface area contributed by atoms with Crippen LogP contribution in [-0.2, 0) is 0 Å². The van der Waals surface area contributed by atoms with E-state index in [1.165, 1.54) is 50.1 Å². The predicted molar refractivity (Wildman–Crippen MR) is 78.1 cm³/mol. The third-order valence-electron chi connectivity index (χ3n) is 4.49. The average molecular weight is 264 g/mol. The zero-order valence-electron chi connectivity index (χ0n) is 11.3. The fraction of sp³-hybridized carbons (Fsp3) is 0.733. The summed E-state index contributed by atoms with van der Waals surface area (Å²) in [5.41, 5.74) is 0. The molecule has 2 aliphatic rings. The van der Waals surface area contributed by atoms with E-state index in [1.807, 2.05) is 11.3 Å². The van der Waals surface area contributed by atoms with Crippen molar-refractivity contribution in [2.75, 3.05) is 13.1 Å². The third-order valence-corrected chi connectivity index (χ3v) is 5.47. The van der Waals surface area contributed by atoms with Crippen LogP contribution in [-0.4, -0.2) is 30.1 Å². The van der Waals surface area contributed by atoms with Crippen LogP contribution in [0.5, 0.6) is 0 Å². The molecule has 0 radical (unpaired) electrons. The Labute approximate surface area is 114 Å². The molecule has 2 fully saturated rings. The molecule has 0 spiro atoms. The smallest absolute Gasteiger partial charge is 0.0417 e. The Morgan fingerprint density at radius 1 is 1.44 bits per heavy atom. The van der Waals surface area contributed by atoms with Crippen molar-refractivity contribution >= 4 is 11.3 Å². The van der Waals surface area contributed by atoms with Gasteiger partial charge in [0, 0.05) is 29.5 Å². The first-order valence-electron chi connectivity index (χ1n) is 7.42. The van der Waals surface area contributed by atoms with Crippen LogP contribution in [0.1, 0.15) is 49.9 Å². The molecule has 3 atom stereocenters. The molecule has 0 saturated carbocycles. The van der Waals surface area contributed by atoms with Crippen LogP contribution in [0, 0.1) is 0 Å². The Balaban J connectivity index is 1.65. The summed E-state index contributed by atoms with van der Waals surface area (Å²) in [5, 5.41) is 6.16. The second kappa shape index (κ2) is 5.72. The molecule has 0 aromatic carbocycles. The molecule has 0 bridgehead atoms. The van der Waals surface area contributed by atoms with Gasteiger partial charge in [-0.05, 0) is 43.7 Å². The zero-order chi connectivity index (χ0) is 12.4.